The number of carbonyl (C=O) groups is 3. The number of rotatable bonds is 13. The van der Waals surface area contributed by atoms with Crippen LogP contribution < -0.4 is 10.6 Å². The Morgan fingerprint density at radius 1 is 1.02 bits per heavy atom. The number of nitrogens with zero attached hydrogens (tertiary/aromatic N) is 3. The quantitative estimate of drug-likeness (QED) is 0.229. The predicted octanol–water partition coefficient (Wildman–Crippen LogP) is 3.55. The van der Waals surface area contributed by atoms with Crippen molar-refractivity contribution in [2.45, 2.75) is 57.8 Å². The zero-order valence-electron chi connectivity index (χ0n) is 26.7. The molecule has 4 rings (SSSR count). The van der Waals surface area contributed by atoms with Crippen molar-refractivity contribution in [2.24, 2.45) is 4.40 Å². The normalized spacial score (nSPS) is 16.5. The van der Waals surface area contributed by atoms with Gasteiger partial charge in [0.2, 0.25) is 5.91 Å². The van der Waals surface area contributed by atoms with Gasteiger partial charge in [-0.2, -0.15) is 12.8 Å². The minimum Gasteiger partial charge on any atom is -0.477 e. The molecule has 2 heterocycles. The van der Waals surface area contributed by atoms with Crippen LogP contribution in [0.4, 0.5) is 10.6 Å². The largest absolute Gasteiger partial charge is 0.477 e. The van der Waals surface area contributed by atoms with E-state index in [0.29, 0.717) is 29.9 Å². The number of amides is 2. The number of carboxylic acids is 1. The number of hydrogen-bond acceptors (Lipinski definition) is 9. The zero-order valence-corrected chi connectivity index (χ0v) is 27.5. The number of carbonyl (C=O) groups excluding carboxylic acids is 2. The molecule has 2 atom stereocenters. The first-order chi connectivity index (χ1) is 22.3. The Hall–Kier alpha value is -4.82. The van der Waals surface area contributed by atoms with Gasteiger partial charge in [0.1, 0.15) is 19.0 Å². The Labute approximate surface area is 274 Å². The predicted molar refractivity (Wildman–Crippen MR) is 175 cm³/mol. The van der Waals surface area contributed by atoms with Crippen LogP contribution >= 0.6 is 0 Å². The van der Waals surface area contributed by atoms with Gasteiger partial charge in [-0.25, -0.2) is 14.6 Å². The second kappa shape index (κ2) is 15.6. The van der Waals surface area contributed by atoms with E-state index in [0.717, 1.165) is 16.8 Å². The van der Waals surface area contributed by atoms with Gasteiger partial charge in [0.05, 0.1) is 30.1 Å². The van der Waals surface area contributed by atoms with E-state index in [2.05, 4.69) is 20.0 Å². The summed E-state index contributed by atoms with van der Waals surface area (Å²) in [6, 6.07) is 17.8. The Morgan fingerprint density at radius 2 is 1.72 bits per heavy atom. The first-order valence-corrected chi connectivity index (χ1v) is 16.4. The van der Waals surface area contributed by atoms with Crippen LogP contribution in [0.25, 0.3) is 0 Å². The average Bonchev–Trinajstić information content (AvgIpc) is 3.43. The fourth-order valence-corrected chi connectivity index (χ4v) is 6.87. The third kappa shape index (κ3) is 9.83. The molecule has 1 aliphatic heterocycles. The van der Waals surface area contributed by atoms with Gasteiger partial charge in [-0.1, -0.05) is 54.1 Å². The lowest BCUT2D eigenvalue weighted by molar-refractivity contribution is -0.129. The number of sulfonamides is 1. The van der Waals surface area contributed by atoms with Gasteiger partial charge in [0, 0.05) is 12.2 Å². The van der Waals surface area contributed by atoms with Crippen LogP contribution in [0.1, 0.15) is 34.4 Å². The number of pyridine rings is 1. The summed E-state index contributed by atoms with van der Waals surface area (Å²) in [7, 11) is -4.36. The molecule has 14 heteroatoms. The minimum atomic E-state index is -4.36. The molecule has 1 aliphatic rings. The number of benzene rings is 2. The van der Waals surface area contributed by atoms with E-state index >= 15 is 0 Å². The third-order valence-corrected chi connectivity index (χ3v) is 9.09. The molecule has 0 bridgehead atoms. The molecule has 0 radical (unpaired) electrons. The van der Waals surface area contributed by atoms with Crippen molar-refractivity contribution in [3.05, 3.63) is 88.6 Å². The highest BCUT2D eigenvalue weighted by Gasteiger charge is 2.37. The molecule has 3 aromatic rings. The van der Waals surface area contributed by atoms with Crippen molar-refractivity contribution in [2.75, 3.05) is 31.6 Å². The number of carboxylic acid groups (broad SMARTS) is 1. The molecule has 2 unspecified atom stereocenters. The molecule has 1 aromatic heterocycles. The first kappa shape index (κ1) is 35.0. The van der Waals surface area contributed by atoms with Crippen LogP contribution in [0, 0.1) is 27.7 Å². The van der Waals surface area contributed by atoms with Gasteiger partial charge in [-0.3, -0.25) is 4.79 Å². The number of aryl methyl sites for hydroxylation is 4. The summed E-state index contributed by atoms with van der Waals surface area (Å²) < 4.78 is 40.9. The van der Waals surface area contributed by atoms with Crippen molar-refractivity contribution < 1.29 is 37.4 Å². The third-order valence-electron chi connectivity index (χ3n) is 7.47. The van der Waals surface area contributed by atoms with Gasteiger partial charge in [-0.15, -0.1) is 0 Å². The molecule has 3 N–H and O–H groups in total. The number of ether oxygens (including phenoxy) is 2. The Bertz CT molecular complexity index is 1720. The van der Waals surface area contributed by atoms with Crippen LogP contribution in [-0.4, -0.2) is 85.5 Å². The van der Waals surface area contributed by atoms with E-state index in [4.69, 9.17) is 9.47 Å². The number of aromatic nitrogens is 1. The Morgan fingerprint density at radius 3 is 2.38 bits per heavy atom. The molecule has 0 aliphatic carbocycles. The van der Waals surface area contributed by atoms with E-state index in [-0.39, 0.29) is 24.1 Å². The monoisotopic (exact) mass is 665 g/mol. The lowest BCUT2D eigenvalue weighted by Crippen LogP contribution is -2.40. The summed E-state index contributed by atoms with van der Waals surface area (Å²) >= 11 is 0. The molecule has 2 amide bonds. The minimum absolute atomic E-state index is 0.0770. The van der Waals surface area contributed by atoms with Crippen LogP contribution in [0.15, 0.2) is 70.0 Å². The molecule has 47 heavy (non-hydrogen) atoms. The molecule has 13 nitrogen and oxygen atoms in total. The van der Waals surface area contributed by atoms with Gasteiger partial charge in [0.15, 0.2) is 5.71 Å². The van der Waals surface area contributed by atoms with Crippen molar-refractivity contribution in [1.82, 2.24) is 15.2 Å². The highest BCUT2D eigenvalue weighted by Crippen LogP contribution is 2.24. The fraction of sp³-hybridized carbons (Fsp3) is 0.364. The molecule has 0 spiro atoms. The maximum absolute atomic E-state index is 13.1. The number of hydrogen-bond donors (Lipinski definition) is 3. The lowest BCUT2D eigenvalue weighted by atomic mass is 10.1. The second-order valence-electron chi connectivity index (χ2n) is 11.4. The van der Waals surface area contributed by atoms with E-state index in [1.54, 1.807) is 30.9 Å². The molecule has 1 saturated heterocycles. The standard InChI is InChI=1S/C33H39N5O8S/c1-21-13-22(2)31(23(3)14-21)47(43,44)37-28(32(40)41)17-35-30(39)20-45-27-15-26(16-34-29-12-8-9-24(4)36-29)38(18-27)33(42)46-19-25-10-6-5-7-11-25/h5-14,26-27H,15-20H2,1-4H3,(H,34,36)(H,35,39)(H,40,41). The summed E-state index contributed by atoms with van der Waals surface area (Å²) in [4.78, 5) is 43.5. The van der Waals surface area contributed by atoms with E-state index < -0.39 is 53.0 Å². The Kier molecular flexibility index (Phi) is 11.7. The first-order valence-electron chi connectivity index (χ1n) is 15.0. The number of nitrogens with one attached hydrogen (secondary N) is 2. The molecular formula is C33H39N5O8S. The zero-order chi connectivity index (χ0) is 34.1. The van der Waals surface area contributed by atoms with Crippen molar-refractivity contribution in [3.8, 4) is 0 Å². The average molecular weight is 666 g/mol. The topological polar surface area (TPSA) is 177 Å². The van der Waals surface area contributed by atoms with Crippen molar-refractivity contribution >= 4 is 39.5 Å². The van der Waals surface area contributed by atoms with E-state index in [1.807, 2.05) is 62.4 Å². The lowest BCUT2D eigenvalue weighted by Gasteiger charge is -2.24. The summed E-state index contributed by atoms with van der Waals surface area (Å²) in [6.07, 6.45) is -0.666. The van der Waals surface area contributed by atoms with Gasteiger partial charge in [0.25, 0.3) is 10.0 Å². The molecule has 1 fully saturated rings. The maximum atomic E-state index is 13.1. The number of likely N-dealkylation sites (tertiary alicyclic amines) is 1. The Balaban J connectivity index is 1.37. The molecular weight excluding hydrogens is 626 g/mol. The highest BCUT2D eigenvalue weighted by molar-refractivity contribution is 7.90. The van der Waals surface area contributed by atoms with Crippen molar-refractivity contribution in [3.63, 3.8) is 0 Å². The van der Waals surface area contributed by atoms with Gasteiger partial charge >= 0.3 is 12.1 Å². The van der Waals surface area contributed by atoms with Crippen molar-refractivity contribution in [1.29, 1.82) is 0 Å². The highest BCUT2D eigenvalue weighted by atomic mass is 32.2. The SMILES string of the molecule is Cc1cc(C)c(S(=O)(=O)N=C(CNC(=O)COC2CC(CNc3cccc(C)n3)N(C(=O)OCc3ccccc3)C2)C(=O)O)c(C)c1. The summed E-state index contributed by atoms with van der Waals surface area (Å²) in [5.41, 5.74) is 2.65. The fourth-order valence-electron chi connectivity index (χ4n) is 5.42. The van der Waals surface area contributed by atoms with Crippen LogP contribution in [-0.2, 0) is 35.7 Å². The second-order valence-corrected chi connectivity index (χ2v) is 12.9. The molecule has 250 valence electrons. The van der Waals surface area contributed by atoms with Crippen LogP contribution in [0.5, 0.6) is 0 Å². The maximum Gasteiger partial charge on any atom is 0.410 e. The van der Waals surface area contributed by atoms with Gasteiger partial charge in [-0.05, 0) is 62.9 Å². The smallest absolute Gasteiger partial charge is 0.410 e. The van der Waals surface area contributed by atoms with E-state index in [9.17, 15) is 27.9 Å². The van der Waals surface area contributed by atoms with Crippen LogP contribution in [0.2, 0.25) is 0 Å². The summed E-state index contributed by atoms with van der Waals surface area (Å²) in [6.45, 7) is 6.42. The van der Waals surface area contributed by atoms with E-state index in [1.165, 1.54) is 0 Å². The summed E-state index contributed by atoms with van der Waals surface area (Å²) in [5.74, 6) is -1.61. The molecule has 2 aromatic carbocycles. The summed E-state index contributed by atoms with van der Waals surface area (Å²) in [5, 5.41) is 15.2. The number of anilines is 1. The van der Waals surface area contributed by atoms with Gasteiger partial charge < -0.3 is 30.1 Å². The number of aliphatic carboxylic acids is 1. The molecule has 0 saturated carbocycles. The van der Waals surface area contributed by atoms with Crippen LogP contribution in [0.3, 0.4) is 0 Å².